The Bertz CT molecular complexity index is 604. The summed E-state index contributed by atoms with van der Waals surface area (Å²) in [4.78, 5) is 19.5. The number of H-pyrrole nitrogens is 1. The number of hydrogen-bond acceptors (Lipinski definition) is 2. The molecule has 0 unspecified atom stereocenters. The predicted molar refractivity (Wildman–Crippen MR) is 87.6 cm³/mol. The summed E-state index contributed by atoms with van der Waals surface area (Å²) in [5.41, 5.74) is 2.02. The zero-order valence-corrected chi connectivity index (χ0v) is 14.1. The second-order valence-electron chi connectivity index (χ2n) is 5.50. The number of nitrogens with one attached hydrogen (secondary N) is 2. The van der Waals surface area contributed by atoms with Gasteiger partial charge in [-0.05, 0) is 23.6 Å². The third-order valence-electron chi connectivity index (χ3n) is 3.63. The molecule has 2 N–H and O–H groups in total. The first-order chi connectivity index (χ1) is 9.97. The summed E-state index contributed by atoms with van der Waals surface area (Å²) in [6, 6.07) is 8.01. The number of aromatic amines is 1. The second kappa shape index (κ2) is 6.89. The van der Waals surface area contributed by atoms with Gasteiger partial charge in [0, 0.05) is 10.4 Å². The average molecular weight is 350 g/mol. The van der Waals surface area contributed by atoms with Crippen molar-refractivity contribution in [3.63, 3.8) is 0 Å². The molecule has 2 rings (SSSR count). The molecule has 0 spiro atoms. The van der Waals surface area contributed by atoms with Gasteiger partial charge in [0.1, 0.15) is 5.82 Å². The lowest BCUT2D eigenvalue weighted by atomic mass is 9.97. The molecule has 1 aromatic carbocycles. The fraction of sp³-hybridized carbons (Fsp3) is 0.375. The van der Waals surface area contributed by atoms with Crippen molar-refractivity contribution in [2.45, 2.75) is 27.3 Å². The van der Waals surface area contributed by atoms with Gasteiger partial charge in [-0.15, -0.1) is 0 Å². The highest BCUT2D eigenvalue weighted by molar-refractivity contribution is 9.10. The molecule has 0 aliphatic heterocycles. The van der Waals surface area contributed by atoms with Crippen LogP contribution in [0.3, 0.4) is 0 Å². The van der Waals surface area contributed by atoms with E-state index >= 15 is 0 Å². The van der Waals surface area contributed by atoms with Crippen molar-refractivity contribution in [1.29, 1.82) is 0 Å². The Labute approximate surface area is 133 Å². The van der Waals surface area contributed by atoms with E-state index in [9.17, 15) is 4.79 Å². The first kappa shape index (κ1) is 15.8. The molecule has 5 heteroatoms. The van der Waals surface area contributed by atoms with E-state index in [-0.39, 0.29) is 11.8 Å². The van der Waals surface area contributed by atoms with Crippen LogP contribution in [0.15, 0.2) is 34.9 Å². The van der Waals surface area contributed by atoms with E-state index < -0.39 is 0 Å². The molecule has 0 bridgehead atoms. The monoisotopic (exact) mass is 349 g/mol. The molecule has 0 radical (unpaired) electrons. The van der Waals surface area contributed by atoms with Crippen LogP contribution in [0.2, 0.25) is 0 Å². The van der Waals surface area contributed by atoms with Crippen LogP contribution < -0.4 is 5.32 Å². The molecule has 0 aliphatic carbocycles. The number of halogens is 1. The zero-order valence-electron chi connectivity index (χ0n) is 12.5. The van der Waals surface area contributed by atoms with Crippen LogP contribution in [-0.2, 0) is 11.3 Å². The molecule has 0 fully saturated rings. The first-order valence-corrected chi connectivity index (χ1v) is 7.84. The van der Waals surface area contributed by atoms with E-state index in [1.165, 1.54) is 0 Å². The lowest BCUT2D eigenvalue weighted by Gasteiger charge is -2.14. The molecule has 1 aromatic heterocycles. The van der Waals surface area contributed by atoms with Gasteiger partial charge in [-0.25, -0.2) is 4.98 Å². The van der Waals surface area contributed by atoms with Crippen LogP contribution in [0, 0.1) is 11.8 Å². The van der Waals surface area contributed by atoms with E-state index in [0.29, 0.717) is 12.5 Å². The number of imidazole rings is 1. The van der Waals surface area contributed by atoms with Gasteiger partial charge in [-0.3, -0.25) is 4.79 Å². The van der Waals surface area contributed by atoms with Crippen LogP contribution in [0.1, 0.15) is 26.6 Å². The maximum Gasteiger partial charge on any atom is 0.223 e. The second-order valence-corrected chi connectivity index (χ2v) is 6.42. The van der Waals surface area contributed by atoms with Gasteiger partial charge >= 0.3 is 0 Å². The number of amides is 1. The van der Waals surface area contributed by atoms with Gasteiger partial charge in [0.15, 0.2) is 0 Å². The molecule has 0 saturated heterocycles. The van der Waals surface area contributed by atoms with E-state index in [2.05, 4.69) is 31.2 Å². The molecular formula is C16H20BrN3O. The summed E-state index contributed by atoms with van der Waals surface area (Å²) in [5, 5.41) is 2.91. The first-order valence-electron chi connectivity index (χ1n) is 7.05. The quantitative estimate of drug-likeness (QED) is 0.863. The van der Waals surface area contributed by atoms with Crippen molar-refractivity contribution in [2.75, 3.05) is 0 Å². The Morgan fingerprint density at radius 2 is 1.95 bits per heavy atom. The molecular weight excluding hydrogens is 330 g/mol. The van der Waals surface area contributed by atoms with Crippen molar-refractivity contribution in [1.82, 2.24) is 15.3 Å². The molecule has 1 atom stereocenters. The number of nitrogens with zero attached hydrogens (tertiary/aromatic N) is 1. The van der Waals surface area contributed by atoms with Crippen LogP contribution in [0.25, 0.3) is 11.3 Å². The molecule has 4 nitrogen and oxygen atoms in total. The van der Waals surface area contributed by atoms with Gasteiger partial charge in [-0.1, -0.05) is 48.8 Å². The minimum Gasteiger partial charge on any atom is -0.349 e. The summed E-state index contributed by atoms with van der Waals surface area (Å²) in [6.07, 6.45) is 1.79. The van der Waals surface area contributed by atoms with Gasteiger partial charge < -0.3 is 10.3 Å². The van der Waals surface area contributed by atoms with Crippen molar-refractivity contribution < 1.29 is 4.79 Å². The van der Waals surface area contributed by atoms with Crippen molar-refractivity contribution in [3.05, 3.63) is 40.8 Å². The minimum atomic E-state index is 0.00547. The van der Waals surface area contributed by atoms with Crippen molar-refractivity contribution >= 4 is 21.8 Å². The lowest BCUT2D eigenvalue weighted by Crippen LogP contribution is -2.31. The number of rotatable bonds is 5. The summed E-state index contributed by atoms with van der Waals surface area (Å²) in [6.45, 7) is 6.45. The summed E-state index contributed by atoms with van der Waals surface area (Å²) in [5.74, 6) is 1.16. The highest BCUT2D eigenvalue weighted by Gasteiger charge is 2.16. The van der Waals surface area contributed by atoms with Gasteiger partial charge in [0.25, 0.3) is 0 Å². The molecule has 1 heterocycles. The minimum absolute atomic E-state index is 0.00547. The Hall–Kier alpha value is -1.62. The fourth-order valence-corrected chi connectivity index (χ4v) is 2.13. The van der Waals surface area contributed by atoms with E-state index in [1.807, 2.05) is 45.0 Å². The summed E-state index contributed by atoms with van der Waals surface area (Å²) in [7, 11) is 0. The number of carbonyl (C=O) groups excluding carboxylic acids is 1. The van der Waals surface area contributed by atoms with E-state index in [0.717, 1.165) is 21.6 Å². The third kappa shape index (κ3) is 4.17. The Balaban J connectivity index is 1.97. The highest BCUT2D eigenvalue weighted by Crippen LogP contribution is 2.20. The smallest absolute Gasteiger partial charge is 0.223 e. The Kier molecular flexibility index (Phi) is 5.17. The van der Waals surface area contributed by atoms with Crippen molar-refractivity contribution in [3.8, 4) is 11.3 Å². The Morgan fingerprint density at radius 1 is 1.29 bits per heavy atom. The number of benzene rings is 1. The number of aromatic nitrogens is 2. The fourth-order valence-electron chi connectivity index (χ4n) is 1.86. The standard InChI is InChI=1S/C16H20BrN3O/c1-10(2)11(3)16(21)19-9-15-18-8-14(20-15)12-4-6-13(17)7-5-12/h4-8,10-11H,9H2,1-3H3,(H,18,20)(H,19,21)/t11-/m0/s1. The number of carbonyl (C=O) groups is 1. The molecule has 112 valence electrons. The SMILES string of the molecule is CC(C)[C@H](C)C(=O)NCc1ncc(-c2ccc(Br)cc2)[nH]1. The van der Waals surface area contributed by atoms with Crippen LogP contribution in [0.5, 0.6) is 0 Å². The average Bonchev–Trinajstić information content (AvgIpc) is 2.93. The highest BCUT2D eigenvalue weighted by atomic mass is 79.9. The molecule has 21 heavy (non-hydrogen) atoms. The van der Waals surface area contributed by atoms with Crippen LogP contribution in [0.4, 0.5) is 0 Å². The number of hydrogen-bond donors (Lipinski definition) is 2. The van der Waals surface area contributed by atoms with E-state index in [1.54, 1.807) is 6.20 Å². The van der Waals surface area contributed by atoms with Crippen LogP contribution in [-0.4, -0.2) is 15.9 Å². The van der Waals surface area contributed by atoms with Gasteiger partial charge in [0.2, 0.25) is 5.91 Å². The topological polar surface area (TPSA) is 57.8 Å². The maximum atomic E-state index is 11.9. The summed E-state index contributed by atoms with van der Waals surface area (Å²) >= 11 is 3.42. The predicted octanol–water partition coefficient (Wildman–Crippen LogP) is 3.75. The largest absolute Gasteiger partial charge is 0.349 e. The maximum absolute atomic E-state index is 11.9. The Morgan fingerprint density at radius 3 is 2.57 bits per heavy atom. The van der Waals surface area contributed by atoms with Gasteiger partial charge in [-0.2, -0.15) is 0 Å². The molecule has 2 aromatic rings. The normalized spacial score (nSPS) is 12.4. The van der Waals surface area contributed by atoms with Crippen molar-refractivity contribution in [2.24, 2.45) is 11.8 Å². The zero-order chi connectivity index (χ0) is 15.4. The third-order valence-corrected chi connectivity index (χ3v) is 4.16. The molecule has 0 saturated carbocycles. The lowest BCUT2D eigenvalue weighted by molar-refractivity contribution is -0.125. The molecule has 1 amide bonds. The van der Waals surface area contributed by atoms with E-state index in [4.69, 9.17) is 0 Å². The molecule has 0 aliphatic rings. The van der Waals surface area contributed by atoms with Gasteiger partial charge in [0.05, 0.1) is 18.4 Å². The summed E-state index contributed by atoms with van der Waals surface area (Å²) < 4.78 is 1.04. The van der Waals surface area contributed by atoms with Crippen LogP contribution >= 0.6 is 15.9 Å².